The number of imidazole rings is 1. The van der Waals surface area contributed by atoms with E-state index < -0.39 is 10.0 Å². The summed E-state index contributed by atoms with van der Waals surface area (Å²) in [5.41, 5.74) is 1.48. The molecule has 1 amide bonds. The standard InChI is InChI=1S/C20H24N4O3S/c1-15(2)9-12-23-13-17-19(20(25)22-10-5-6-11-22)21-14-24(17)16-7-3-4-8-18(16)28(23,26)27/h3-8,14-15H,9-13H2,1-2H3. The zero-order valence-corrected chi connectivity index (χ0v) is 16.9. The largest absolute Gasteiger partial charge is 0.330 e. The van der Waals surface area contributed by atoms with Crippen molar-refractivity contribution < 1.29 is 13.2 Å². The monoisotopic (exact) mass is 400 g/mol. The number of sulfonamides is 1. The van der Waals surface area contributed by atoms with Gasteiger partial charge in [-0.05, 0) is 24.5 Å². The van der Waals surface area contributed by atoms with E-state index in [-0.39, 0.29) is 17.3 Å². The third-order valence-corrected chi connectivity index (χ3v) is 7.09. The van der Waals surface area contributed by atoms with Crippen LogP contribution in [-0.4, -0.2) is 52.7 Å². The van der Waals surface area contributed by atoms with Crippen LogP contribution in [0, 0.1) is 5.92 Å². The molecule has 0 saturated heterocycles. The van der Waals surface area contributed by atoms with Crippen molar-refractivity contribution in [1.82, 2.24) is 18.8 Å². The van der Waals surface area contributed by atoms with E-state index in [0.717, 1.165) is 6.42 Å². The second kappa shape index (κ2) is 7.18. The zero-order valence-electron chi connectivity index (χ0n) is 16.1. The number of carbonyl (C=O) groups excluding carboxylic acids is 1. The van der Waals surface area contributed by atoms with Crippen molar-refractivity contribution in [3.63, 3.8) is 0 Å². The third kappa shape index (κ3) is 3.16. The zero-order chi connectivity index (χ0) is 19.9. The molecule has 1 aromatic heterocycles. The molecule has 3 heterocycles. The summed E-state index contributed by atoms with van der Waals surface area (Å²) in [5, 5.41) is 0. The number of nitrogens with zero attached hydrogens (tertiary/aromatic N) is 4. The fourth-order valence-electron chi connectivity index (χ4n) is 3.57. The predicted octanol–water partition coefficient (Wildman–Crippen LogP) is 2.43. The average molecular weight is 401 g/mol. The molecule has 2 aliphatic heterocycles. The summed E-state index contributed by atoms with van der Waals surface area (Å²) in [4.78, 5) is 19.3. The Balaban J connectivity index is 1.82. The lowest BCUT2D eigenvalue weighted by molar-refractivity contribution is 0.0793. The molecule has 0 fully saturated rings. The number of hydrogen-bond donors (Lipinski definition) is 0. The van der Waals surface area contributed by atoms with Crippen molar-refractivity contribution in [1.29, 1.82) is 0 Å². The fraction of sp³-hybridized carbons (Fsp3) is 0.400. The van der Waals surface area contributed by atoms with E-state index >= 15 is 0 Å². The highest BCUT2D eigenvalue weighted by molar-refractivity contribution is 7.89. The van der Waals surface area contributed by atoms with E-state index in [1.807, 2.05) is 12.2 Å². The van der Waals surface area contributed by atoms with Gasteiger partial charge in [0.15, 0.2) is 5.69 Å². The highest BCUT2D eigenvalue weighted by Gasteiger charge is 2.35. The van der Waals surface area contributed by atoms with Crippen LogP contribution in [0.15, 0.2) is 47.6 Å². The average Bonchev–Trinajstić information content (AvgIpc) is 3.32. The van der Waals surface area contributed by atoms with E-state index in [0.29, 0.717) is 42.6 Å². The van der Waals surface area contributed by atoms with Gasteiger partial charge in [0.1, 0.15) is 11.2 Å². The minimum atomic E-state index is -3.67. The van der Waals surface area contributed by atoms with Gasteiger partial charge in [0.2, 0.25) is 10.0 Å². The second-order valence-electron chi connectivity index (χ2n) is 7.58. The summed E-state index contributed by atoms with van der Waals surface area (Å²) >= 11 is 0. The molecule has 0 unspecified atom stereocenters. The first-order chi connectivity index (χ1) is 13.4. The third-order valence-electron chi connectivity index (χ3n) is 5.20. The van der Waals surface area contributed by atoms with Crippen LogP contribution < -0.4 is 0 Å². The first-order valence-electron chi connectivity index (χ1n) is 9.49. The van der Waals surface area contributed by atoms with E-state index in [4.69, 9.17) is 0 Å². The molecule has 0 saturated carbocycles. The molecule has 0 bridgehead atoms. The second-order valence-corrected chi connectivity index (χ2v) is 9.49. The Hall–Kier alpha value is -2.45. The molecule has 8 heteroatoms. The van der Waals surface area contributed by atoms with Crippen molar-refractivity contribution in [2.45, 2.75) is 31.7 Å². The Bertz CT molecular complexity index is 1030. The molecule has 7 nitrogen and oxygen atoms in total. The maximum atomic E-state index is 13.3. The molecule has 0 atom stereocenters. The lowest BCUT2D eigenvalue weighted by Gasteiger charge is -2.22. The van der Waals surface area contributed by atoms with Gasteiger partial charge in [-0.3, -0.25) is 9.36 Å². The van der Waals surface area contributed by atoms with Crippen LogP contribution in [0.3, 0.4) is 0 Å². The van der Waals surface area contributed by atoms with E-state index in [2.05, 4.69) is 18.8 Å². The number of hydrogen-bond acceptors (Lipinski definition) is 4. The Morgan fingerprint density at radius 3 is 2.61 bits per heavy atom. The van der Waals surface area contributed by atoms with Crippen LogP contribution in [0.2, 0.25) is 0 Å². The van der Waals surface area contributed by atoms with Crippen molar-refractivity contribution in [2.75, 3.05) is 19.6 Å². The maximum Gasteiger partial charge on any atom is 0.274 e. The highest BCUT2D eigenvalue weighted by Crippen LogP contribution is 2.32. The van der Waals surface area contributed by atoms with Crippen LogP contribution >= 0.6 is 0 Å². The molecule has 1 aromatic carbocycles. The van der Waals surface area contributed by atoms with Gasteiger partial charge in [-0.15, -0.1) is 0 Å². The fourth-order valence-corrected chi connectivity index (χ4v) is 5.17. The Kier molecular flexibility index (Phi) is 4.84. The van der Waals surface area contributed by atoms with Crippen molar-refractivity contribution in [3.8, 4) is 5.69 Å². The molecule has 2 aliphatic rings. The van der Waals surface area contributed by atoms with Crippen LogP contribution in [0.4, 0.5) is 0 Å². The Labute approximate surface area is 165 Å². The molecular formula is C20H24N4O3S. The van der Waals surface area contributed by atoms with Crippen LogP contribution in [0.1, 0.15) is 36.5 Å². The van der Waals surface area contributed by atoms with E-state index in [1.165, 1.54) is 4.31 Å². The summed E-state index contributed by atoms with van der Waals surface area (Å²) in [6, 6.07) is 6.90. The summed E-state index contributed by atoms with van der Waals surface area (Å²) in [7, 11) is -3.67. The summed E-state index contributed by atoms with van der Waals surface area (Å²) < 4.78 is 29.9. The van der Waals surface area contributed by atoms with Gasteiger partial charge in [-0.2, -0.15) is 4.31 Å². The number of para-hydroxylation sites is 1. The Morgan fingerprint density at radius 1 is 1.18 bits per heavy atom. The molecule has 148 valence electrons. The maximum absolute atomic E-state index is 13.3. The van der Waals surface area contributed by atoms with Crippen molar-refractivity contribution in [3.05, 3.63) is 54.1 Å². The number of aromatic nitrogens is 2. The van der Waals surface area contributed by atoms with Gasteiger partial charge in [-0.1, -0.05) is 38.1 Å². The molecule has 2 aromatic rings. The van der Waals surface area contributed by atoms with Crippen molar-refractivity contribution in [2.24, 2.45) is 5.92 Å². The van der Waals surface area contributed by atoms with Gasteiger partial charge in [-0.25, -0.2) is 13.4 Å². The van der Waals surface area contributed by atoms with Gasteiger partial charge in [0, 0.05) is 19.6 Å². The summed E-state index contributed by atoms with van der Waals surface area (Å²) in [6.45, 7) is 5.77. The van der Waals surface area contributed by atoms with Crippen molar-refractivity contribution >= 4 is 15.9 Å². The lowest BCUT2D eigenvalue weighted by Crippen LogP contribution is -2.33. The number of carbonyl (C=O) groups is 1. The van der Waals surface area contributed by atoms with Gasteiger partial charge in [0.25, 0.3) is 5.91 Å². The van der Waals surface area contributed by atoms with Crippen LogP contribution in [0.5, 0.6) is 0 Å². The smallest absolute Gasteiger partial charge is 0.274 e. The minimum absolute atomic E-state index is 0.131. The van der Waals surface area contributed by atoms with E-state index in [1.54, 1.807) is 40.1 Å². The first kappa shape index (κ1) is 18.9. The molecule has 0 spiro atoms. The van der Waals surface area contributed by atoms with Crippen LogP contribution in [0.25, 0.3) is 5.69 Å². The molecular weight excluding hydrogens is 376 g/mol. The van der Waals surface area contributed by atoms with Gasteiger partial charge < -0.3 is 4.90 Å². The normalized spacial score (nSPS) is 18.2. The lowest BCUT2D eigenvalue weighted by atomic mass is 10.1. The first-order valence-corrected chi connectivity index (χ1v) is 10.9. The van der Waals surface area contributed by atoms with Crippen LogP contribution in [-0.2, 0) is 16.6 Å². The SMILES string of the molecule is CC(C)CCN1Cc2c(C(=O)N3CC=CC3)ncn2-c2ccccc2S1(=O)=O. The number of amides is 1. The molecule has 28 heavy (non-hydrogen) atoms. The number of benzene rings is 1. The molecule has 0 radical (unpaired) electrons. The minimum Gasteiger partial charge on any atom is -0.330 e. The quantitative estimate of drug-likeness (QED) is 0.739. The molecule has 4 rings (SSSR count). The molecule has 0 aliphatic carbocycles. The van der Waals surface area contributed by atoms with Gasteiger partial charge in [0.05, 0.1) is 17.9 Å². The number of fused-ring (bicyclic) bond motifs is 3. The van der Waals surface area contributed by atoms with E-state index in [9.17, 15) is 13.2 Å². The number of rotatable bonds is 4. The highest BCUT2D eigenvalue weighted by atomic mass is 32.2. The van der Waals surface area contributed by atoms with Gasteiger partial charge >= 0.3 is 0 Å². The topological polar surface area (TPSA) is 75.5 Å². The summed E-state index contributed by atoms with van der Waals surface area (Å²) in [6.07, 6.45) is 6.20. The predicted molar refractivity (Wildman–Crippen MR) is 106 cm³/mol. The Morgan fingerprint density at radius 2 is 1.89 bits per heavy atom. The molecule has 0 N–H and O–H groups in total. The summed E-state index contributed by atoms with van der Waals surface area (Å²) in [5.74, 6) is 0.203.